The van der Waals surface area contributed by atoms with Gasteiger partial charge in [-0.2, -0.15) is 0 Å². The van der Waals surface area contributed by atoms with Crippen LogP contribution in [-0.4, -0.2) is 57.3 Å². The van der Waals surface area contributed by atoms with Crippen molar-refractivity contribution in [3.8, 4) is 5.75 Å². The zero-order chi connectivity index (χ0) is 28.3. The molecule has 0 unspecified atom stereocenters. The zero-order valence-corrected chi connectivity index (χ0v) is 22.9. The van der Waals surface area contributed by atoms with Crippen LogP contribution in [0.5, 0.6) is 5.75 Å². The van der Waals surface area contributed by atoms with Crippen molar-refractivity contribution in [1.29, 1.82) is 0 Å². The average molecular weight is 546 g/mol. The highest BCUT2D eigenvalue weighted by molar-refractivity contribution is 6.07. The first kappa shape index (κ1) is 27.5. The first-order valence-electron chi connectivity index (χ1n) is 13.6. The van der Waals surface area contributed by atoms with Crippen molar-refractivity contribution in [3.63, 3.8) is 0 Å². The number of benzene rings is 2. The van der Waals surface area contributed by atoms with Gasteiger partial charge < -0.3 is 24.7 Å². The molecule has 0 bridgehead atoms. The lowest BCUT2D eigenvalue weighted by Crippen LogP contribution is -2.44. The van der Waals surface area contributed by atoms with Crippen molar-refractivity contribution in [1.82, 2.24) is 15.0 Å². The summed E-state index contributed by atoms with van der Waals surface area (Å²) >= 11 is 0. The second-order valence-corrected chi connectivity index (χ2v) is 10.3. The summed E-state index contributed by atoms with van der Waals surface area (Å²) < 4.78 is 7.13. The molecule has 2 N–H and O–H groups in total. The number of aromatic nitrogens is 3. The Morgan fingerprint density at radius 3 is 2.67 bits per heavy atom. The van der Waals surface area contributed by atoms with Gasteiger partial charge in [-0.25, -0.2) is 0 Å². The molecule has 1 saturated heterocycles. The Kier molecular flexibility index (Phi) is 7.99. The Hall–Kier alpha value is -4.02. The van der Waals surface area contributed by atoms with Crippen LogP contribution >= 0.6 is 0 Å². The van der Waals surface area contributed by atoms with Crippen molar-refractivity contribution < 1.29 is 24.5 Å². The minimum atomic E-state index is -1.76. The Morgan fingerprint density at radius 1 is 1.18 bits per heavy atom. The van der Waals surface area contributed by atoms with E-state index in [2.05, 4.69) is 10.3 Å². The van der Waals surface area contributed by atoms with E-state index >= 15 is 0 Å². The number of aryl methyl sites for hydroxylation is 1. The molecule has 5 rings (SSSR count). The quantitative estimate of drug-likeness (QED) is 0.356. The number of hydrogen-bond donors (Lipinski definition) is 2. The SMILES string of the molecule is COc1ccc2c(c1)[C@](O)([C@@H](C)/C=C/CCn1cc(CCO)nn1)C(=O)N2Cc1ccc(N2CCCC2=O)cc1. The second kappa shape index (κ2) is 11.6. The van der Waals surface area contributed by atoms with Gasteiger partial charge in [0.2, 0.25) is 5.91 Å². The number of anilines is 2. The smallest absolute Gasteiger partial charge is 0.264 e. The summed E-state index contributed by atoms with van der Waals surface area (Å²) in [6, 6.07) is 13.0. The molecule has 1 fully saturated rings. The van der Waals surface area contributed by atoms with Crippen LogP contribution in [0.2, 0.25) is 0 Å². The standard InChI is InChI=1S/C30H35N5O5/c1-21(6-3-4-15-33-20-23(14-17-36)31-32-33)30(39)26-18-25(40-2)12-13-27(26)35(29(30)38)19-22-8-10-24(11-9-22)34-16-5-7-28(34)37/h3,6,8-13,18,20-21,36,39H,4-5,7,14-17,19H2,1-2H3/b6-3+/t21-,30+/m0/s1. The summed E-state index contributed by atoms with van der Waals surface area (Å²) in [6.07, 6.45) is 8.13. The molecule has 2 aliphatic rings. The summed E-state index contributed by atoms with van der Waals surface area (Å²) in [4.78, 5) is 29.4. The van der Waals surface area contributed by atoms with E-state index in [0.717, 1.165) is 29.9 Å². The van der Waals surface area contributed by atoms with E-state index in [1.165, 1.54) is 0 Å². The van der Waals surface area contributed by atoms with E-state index in [1.807, 2.05) is 49.4 Å². The van der Waals surface area contributed by atoms with Crippen molar-refractivity contribution in [2.24, 2.45) is 5.92 Å². The lowest BCUT2D eigenvalue weighted by Gasteiger charge is -2.28. The number of methoxy groups -OCH3 is 1. The van der Waals surface area contributed by atoms with Gasteiger partial charge in [0.05, 0.1) is 25.0 Å². The number of amides is 2. The van der Waals surface area contributed by atoms with E-state index in [4.69, 9.17) is 9.84 Å². The van der Waals surface area contributed by atoms with Crippen LogP contribution in [0, 0.1) is 5.92 Å². The predicted octanol–water partition coefficient (Wildman–Crippen LogP) is 2.97. The second-order valence-electron chi connectivity index (χ2n) is 10.3. The third-order valence-corrected chi connectivity index (χ3v) is 7.70. The third kappa shape index (κ3) is 5.24. The number of rotatable bonds is 11. The van der Waals surface area contributed by atoms with E-state index in [-0.39, 0.29) is 19.1 Å². The highest BCUT2D eigenvalue weighted by Gasteiger charge is 2.52. The number of ether oxygens (including phenoxy) is 1. The van der Waals surface area contributed by atoms with Crippen LogP contribution in [0.1, 0.15) is 43.0 Å². The number of aliphatic hydroxyl groups is 2. The van der Waals surface area contributed by atoms with Crippen LogP contribution in [0.3, 0.4) is 0 Å². The third-order valence-electron chi connectivity index (χ3n) is 7.70. The molecule has 10 heteroatoms. The molecule has 2 amide bonds. The number of fused-ring (bicyclic) bond motifs is 1. The minimum Gasteiger partial charge on any atom is -0.497 e. The van der Waals surface area contributed by atoms with Gasteiger partial charge in [0.1, 0.15) is 5.75 Å². The Morgan fingerprint density at radius 2 is 1.98 bits per heavy atom. The largest absolute Gasteiger partial charge is 0.497 e. The molecule has 2 aliphatic heterocycles. The van der Waals surface area contributed by atoms with Crippen molar-refractivity contribution in [3.05, 3.63) is 77.6 Å². The number of aliphatic hydroxyl groups excluding tert-OH is 1. The van der Waals surface area contributed by atoms with Crippen LogP contribution in [0.4, 0.5) is 11.4 Å². The van der Waals surface area contributed by atoms with Crippen molar-refractivity contribution >= 4 is 23.2 Å². The predicted molar refractivity (Wildman–Crippen MR) is 150 cm³/mol. The molecular weight excluding hydrogens is 510 g/mol. The molecule has 3 aromatic rings. The fourth-order valence-electron chi connectivity index (χ4n) is 5.42. The van der Waals surface area contributed by atoms with Crippen LogP contribution in [-0.2, 0) is 34.7 Å². The molecule has 0 spiro atoms. The van der Waals surface area contributed by atoms with Gasteiger partial charge in [0, 0.05) is 55.9 Å². The summed E-state index contributed by atoms with van der Waals surface area (Å²) in [6.45, 7) is 3.45. The van der Waals surface area contributed by atoms with Crippen molar-refractivity contribution in [2.75, 3.05) is 30.1 Å². The molecule has 2 atom stereocenters. The van der Waals surface area contributed by atoms with E-state index in [1.54, 1.807) is 39.9 Å². The maximum absolute atomic E-state index is 13.9. The van der Waals surface area contributed by atoms with Crippen LogP contribution in [0.25, 0.3) is 0 Å². The van der Waals surface area contributed by atoms with Gasteiger partial charge in [-0.05, 0) is 48.7 Å². The monoisotopic (exact) mass is 545 g/mol. The van der Waals surface area contributed by atoms with Gasteiger partial charge in [-0.15, -0.1) is 5.10 Å². The summed E-state index contributed by atoms with van der Waals surface area (Å²) in [7, 11) is 1.56. The number of nitrogens with zero attached hydrogens (tertiary/aromatic N) is 5. The Balaban J connectivity index is 1.33. The number of carbonyl (C=O) groups is 2. The Labute approximate surface area is 233 Å². The van der Waals surface area contributed by atoms with Crippen molar-refractivity contribution in [2.45, 2.75) is 51.3 Å². The molecule has 1 aromatic heterocycles. The molecule has 3 heterocycles. The molecule has 10 nitrogen and oxygen atoms in total. The molecule has 0 saturated carbocycles. The lowest BCUT2D eigenvalue weighted by atomic mass is 9.83. The summed E-state index contributed by atoms with van der Waals surface area (Å²) in [5.74, 6) is -0.213. The molecular formula is C30H35N5O5. The fourth-order valence-corrected chi connectivity index (χ4v) is 5.42. The maximum Gasteiger partial charge on any atom is 0.264 e. The highest BCUT2D eigenvalue weighted by atomic mass is 16.5. The summed E-state index contributed by atoms with van der Waals surface area (Å²) in [5.41, 5.74) is 1.88. The van der Waals surface area contributed by atoms with Crippen LogP contribution < -0.4 is 14.5 Å². The van der Waals surface area contributed by atoms with Gasteiger partial charge in [0.15, 0.2) is 5.60 Å². The Bertz CT molecular complexity index is 1400. The van der Waals surface area contributed by atoms with Gasteiger partial charge in [-0.3, -0.25) is 14.3 Å². The lowest BCUT2D eigenvalue weighted by molar-refractivity contribution is -0.139. The maximum atomic E-state index is 13.9. The number of allylic oxidation sites excluding steroid dienone is 1. The fraction of sp³-hybridized carbons (Fsp3) is 0.400. The molecule has 2 aromatic carbocycles. The van der Waals surface area contributed by atoms with E-state index < -0.39 is 17.4 Å². The van der Waals surface area contributed by atoms with E-state index in [9.17, 15) is 14.7 Å². The average Bonchev–Trinajstić information content (AvgIpc) is 3.66. The minimum absolute atomic E-state index is 0.0247. The number of carbonyl (C=O) groups excluding carboxylic acids is 2. The first-order valence-corrected chi connectivity index (χ1v) is 13.6. The number of hydrogen-bond acceptors (Lipinski definition) is 7. The van der Waals surface area contributed by atoms with E-state index in [0.29, 0.717) is 42.8 Å². The van der Waals surface area contributed by atoms with Gasteiger partial charge in [0.25, 0.3) is 5.91 Å². The topological polar surface area (TPSA) is 121 Å². The van der Waals surface area contributed by atoms with Crippen LogP contribution in [0.15, 0.2) is 60.8 Å². The summed E-state index contributed by atoms with van der Waals surface area (Å²) in [5, 5.41) is 29.1. The normalized spacial score (nSPS) is 19.6. The van der Waals surface area contributed by atoms with Gasteiger partial charge >= 0.3 is 0 Å². The highest BCUT2D eigenvalue weighted by Crippen LogP contribution is 2.47. The zero-order valence-electron chi connectivity index (χ0n) is 22.9. The molecule has 0 aliphatic carbocycles. The van der Waals surface area contributed by atoms with Gasteiger partial charge in [-0.1, -0.05) is 36.4 Å². The molecule has 40 heavy (non-hydrogen) atoms. The molecule has 0 radical (unpaired) electrons. The molecule has 210 valence electrons. The first-order chi connectivity index (χ1) is 19.3.